The predicted molar refractivity (Wildman–Crippen MR) is 70.7 cm³/mol. The lowest BCUT2D eigenvalue weighted by Gasteiger charge is -2.06. The molecule has 0 aromatic carbocycles. The number of pyridine rings is 2. The Bertz CT molecular complexity index is 867. The van der Waals surface area contributed by atoms with Gasteiger partial charge in [-0.3, -0.25) is 4.79 Å². The van der Waals surface area contributed by atoms with E-state index in [-0.39, 0.29) is 11.1 Å². The highest BCUT2D eigenvalue weighted by Gasteiger charge is 2.08. The van der Waals surface area contributed by atoms with Crippen molar-refractivity contribution < 1.29 is 0 Å². The van der Waals surface area contributed by atoms with Crippen molar-refractivity contribution in [1.82, 2.24) is 14.4 Å². The average Bonchev–Trinajstić information content (AvgIpc) is 2.86. The summed E-state index contributed by atoms with van der Waals surface area (Å²) in [6.07, 6.45) is 5.48. The van der Waals surface area contributed by atoms with Crippen molar-refractivity contribution in [2.45, 2.75) is 6.92 Å². The molecule has 0 aliphatic heterocycles. The fourth-order valence-corrected chi connectivity index (χ4v) is 2.08. The lowest BCUT2D eigenvalue weighted by Crippen LogP contribution is -2.11. The summed E-state index contributed by atoms with van der Waals surface area (Å²) in [6, 6.07) is 7.36. The van der Waals surface area contributed by atoms with Gasteiger partial charge in [0, 0.05) is 29.8 Å². The summed E-state index contributed by atoms with van der Waals surface area (Å²) >= 11 is 0. The highest BCUT2D eigenvalue weighted by Crippen LogP contribution is 2.22. The molecule has 3 aromatic rings. The largest absolute Gasteiger partial charge is 0.325 e. The van der Waals surface area contributed by atoms with E-state index in [1.54, 1.807) is 12.3 Å². The molecule has 0 fully saturated rings. The summed E-state index contributed by atoms with van der Waals surface area (Å²) in [5.41, 5.74) is 3.07. The summed E-state index contributed by atoms with van der Waals surface area (Å²) < 4.78 is 1.90. The van der Waals surface area contributed by atoms with Crippen molar-refractivity contribution in [2.24, 2.45) is 0 Å². The third-order valence-corrected chi connectivity index (χ3v) is 3.07. The molecule has 0 spiro atoms. The number of nitrogens with zero attached hydrogens (tertiary/aromatic N) is 3. The minimum atomic E-state index is -0.356. The molecular weight excluding hydrogens is 240 g/mol. The number of H-pyrrole nitrogens is 1. The molecule has 5 nitrogen and oxygen atoms in total. The molecule has 3 aromatic heterocycles. The summed E-state index contributed by atoms with van der Waals surface area (Å²) in [6.45, 7) is 1.81. The Labute approximate surface area is 108 Å². The zero-order valence-electron chi connectivity index (χ0n) is 10.2. The van der Waals surface area contributed by atoms with Crippen LogP contribution in [0.1, 0.15) is 11.3 Å². The Morgan fingerprint density at radius 2 is 2.21 bits per heavy atom. The minimum Gasteiger partial charge on any atom is -0.325 e. The fraction of sp³-hybridized carbons (Fsp3) is 0.0714. The number of nitriles is 1. The van der Waals surface area contributed by atoms with E-state index >= 15 is 0 Å². The van der Waals surface area contributed by atoms with E-state index in [1.807, 2.05) is 41.9 Å². The van der Waals surface area contributed by atoms with Gasteiger partial charge in [0.25, 0.3) is 5.56 Å². The zero-order chi connectivity index (χ0) is 13.4. The topological polar surface area (TPSA) is 74.0 Å². The Balaban J connectivity index is 2.26. The second-order valence-electron chi connectivity index (χ2n) is 4.27. The first-order chi connectivity index (χ1) is 9.19. The lowest BCUT2D eigenvalue weighted by atomic mass is 10.0. The highest BCUT2D eigenvalue weighted by atomic mass is 16.1. The van der Waals surface area contributed by atoms with Crippen LogP contribution in [0.4, 0.5) is 0 Å². The van der Waals surface area contributed by atoms with E-state index in [4.69, 9.17) is 5.26 Å². The molecule has 0 aliphatic rings. The van der Waals surface area contributed by atoms with Gasteiger partial charge in [-0.25, -0.2) is 4.98 Å². The Morgan fingerprint density at radius 1 is 1.37 bits per heavy atom. The number of nitrogens with one attached hydrogen (secondary N) is 1. The van der Waals surface area contributed by atoms with E-state index < -0.39 is 0 Å². The van der Waals surface area contributed by atoms with Crippen LogP contribution in [-0.4, -0.2) is 14.4 Å². The Kier molecular flexibility index (Phi) is 2.43. The van der Waals surface area contributed by atoms with Crippen LogP contribution in [0, 0.1) is 18.3 Å². The number of aryl methyl sites for hydroxylation is 1. The van der Waals surface area contributed by atoms with Gasteiger partial charge in [-0.15, -0.1) is 0 Å². The maximum absolute atomic E-state index is 11.5. The quantitative estimate of drug-likeness (QED) is 0.716. The molecule has 0 aliphatic carbocycles. The first-order valence-electron chi connectivity index (χ1n) is 5.76. The number of fused-ring (bicyclic) bond motifs is 1. The number of hydrogen-bond acceptors (Lipinski definition) is 3. The molecule has 5 heteroatoms. The van der Waals surface area contributed by atoms with Gasteiger partial charge >= 0.3 is 0 Å². The zero-order valence-corrected chi connectivity index (χ0v) is 10.2. The van der Waals surface area contributed by atoms with Crippen molar-refractivity contribution in [1.29, 1.82) is 5.26 Å². The first kappa shape index (κ1) is 11.2. The molecule has 0 amide bonds. The summed E-state index contributed by atoms with van der Waals surface area (Å²) in [4.78, 5) is 18.4. The molecule has 0 bridgehead atoms. The highest BCUT2D eigenvalue weighted by molar-refractivity contribution is 5.70. The molecule has 0 radical (unpaired) electrons. The predicted octanol–water partition coefficient (Wildman–Crippen LogP) is 1.87. The number of rotatable bonds is 1. The molecular formula is C14H10N4O. The Hall–Kier alpha value is -2.87. The third kappa shape index (κ3) is 1.79. The van der Waals surface area contributed by atoms with Crippen molar-refractivity contribution >= 4 is 5.65 Å². The van der Waals surface area contributed by atoms with E-state index in [0.717, 1.165) is 22.5 Å². The smallest absolute Gasteiger partial charge is 0.266 e. The van der Waals surface area contributed by atoms with E-state index in [2.05, 4.69) is 9.97 Å². The van der Waals surface area contributed by atoms with Crippen molar-refractivity contribution in [3.05, 3.63) is 58.4 Å². The van der Waals surface area contributed by atoms with E-state index in [1.165, 1.54) is 0 Å². The van der Waals surface area contributed by atoms with Gasteiger partial charge < -0.3 is 9.38 Å². The second kappa shape index (κ2) is 4.10. The fourth-order valence-electron chi connectivity index (χ4n) is 2.08. The lowest BCUT2D eigenvalue weighted by molar-refractivity contribution is 1.13. The SMILES string of the molecule is Cc1[nH]c(=O)c(C#N)cc1-c1ccn2ccnc2c1. The van der Waals surface area contributed by atoms with Crippen LogP contribution in [0.5, 0.6) is 0 Å². The van der Waals surface area contributed by atoms with Crippen molar-refractivity contribution in [2.75, 3.05) is 0 Å². The van der Waals surface area contributed by atoms with Crippen molar-refractivity contribution in [3.8, 4) is 17.2 Å². The van der Waals surface area contributed by atoms with Crippen molar-refractivity contribution in [3.63, 3.8) is 0 Å². The number of imidazole rings is 1. The van der Waals surface area contributed by atoms with Gasteiger partial charge in [0.05, 0.1) is 0 Å². The van der Waals surface area contributed by atoms with Crippen LogP contribution in [-0.2, 0) is 0 Å². The minimum absolute atomic E-state index is 0.115. The van der Waals surface area contributed by atoms with Crippen LogP contribution < -0.4 is 5.56 Å². The standard InChI is InChI=1S/C14H10N4O/c1-9-12(6-11(8-15)14(19)17-9)10-2-4-18-5-3-16-13(18)7-10/h2-7H,1H3,(H,17,19). The van der Waals surface area contributed by atoms with Gasteiger partial charge in [-0.2, -0.15) is 5.26 Å². The monoisotopic (exact) mass is 250 g/mol. The van der Waals surface area contributed by atoms with Gasteiger partial charge in [0.1, 0.15) is 17.3 Å². The molecule has 3 rings (SSSR count). The molecule has 0 saturated heterocycles. The van der Waals surface area contributed by atoms with E-state index in [0.29, 0.717) is 0 Å². The first-order valence-corrected chi connectivity index (χ1v) is 5.76. The van der Waals surface area contributed by atoms with Crippen LogP contribution >= 0.6 is 0 Å². The van der Waals surface area contributed by atoms with Crippen LogP contribution in [0.25, 0.3) is 16.8 Å². The average molecular weight is 250 g/mol. The number of aromatic amines is 1. The van der Waals surface area contributed by atoms with Gasteiger partial charge in [0.15, 0.2) is 0 Å². The van der Waals surface area contributed by atoms with Crippen LogP contribution in [0.2, 0.25) is 0 Å². The molecule has 1 N–H and O–H groups in total. The second-order valence-corrected chi connectivity index (χ2v) is 4.27. The van der Waals surface area contributed by atoms with Gasteiger partial charge in [-0.1, -0.05) is 0 Å². The van der Waals surface area contributed by atoms with Crippen LogP contribution in [0.15, 0.2) is 41.6 Å². The number of aromatic nitrogens is 3. The maximum Gasteiger partial charge on any atom is 0.266 e. The molecule has 92 valence electrons. The van der Waals surface area contributed by atoms with Gasteiger partial charge in [0.2, 0.25) is 0 Å². The molecule has 3 heterocycles. The molecule has 0 unspecified atom stereocenters. The third-order valence-electron chi connectivity index (χ3n) is 3.07. The Morgan fingerprint density at radius 3 is 3.00 bits per heavy atom. The number of hydrogen-bond donors (Lipinski definition) is 1. The van der Waals surface area contributed by atoms with E-state index in [9.17, 15) is 4.79 Å². The summed E-state index contributed by atoms with van der Waals surface area (Å²) in [5.74, 6) is 0. The van der Waals surface area contributed by atoms with Gasteiger partial charge in [-0.05, 0) is 30.7 Å². The van der Waals surface area contributed by atoms with Crippen LogP contribution in [0.3, 0.4) is 0 Å². The maximum atomic E-state index is 11.5. The molecule has 19 heavy (non-hydrogen) atoms. The molecule has 0 saturated carbocycles. The summed E-state index contributed by atoms with van der Waals surface area (Å²) in [5, 5.41) is 8.93. The summed E-state index contributed by atoms with van der Waals surface area (Å²) in [7, 11) is 0. The molecule has 0 atom stereocenters. The normalized spacial score (nSPS) is 10.5.